The summed E-state index contributed by atoms with van der Waals surface area (Å²) in [6.45, 7) is 9.16. The lowest BCUT2D eigenvalue weighted by Gasteiger charge is -2.26. The third-order valence-corrected chi connectivity index (χ3v) is 3.22. The molecule has 0 amide bonds. The maximum Gasteiger partial charge on any atom is 0.0108 e. The summed E-state index contributed by atoms with van der Waals surface area (Å²) in [6, 6.07) is 10.6. The fourth-order valence-electron chi connectivity index (χ4n) is 1.72. The molecule has 0 heterocycles. The first-order valence-electron chi connectivity index (χ1n) is 5.84. The molecule has 1 aromatic rings. The maximum absolute atomic E-state index is 2.41. The van der Waals surface area contributed by atoms with Crippen molar-refractivity contribution in [3.05, 3.63) is 30.3 Å². The summed E-state index contributed by atoms with van der Waals surface area (Å²) in [4.78, 5) is 3.78. The quantitative estimate of drug-likeness (QED) is 0.717. The Morgan fingerprint density at radius 2 is 1.75 bits per heavy atom. The topological polar surface area (TPSA) is 3.24 Å². The highest BCUT2D eigenvalue weighted by molar-refractivity contribution is 7.99. The molecule has 0 aromatic heterocycles. The van der Waals surface area contributed by atoms with Crippen molar-refractivity contribution < 1.29 is 0 Å². The van der Waals surface area contributed by atoms with Gasteiger partial charge in [-0.25, -0.2) is 0 Å². The fourth-order valence-corrected chi connectivity index (χ4v) is 2.71. The van der Waals surface area contributed by atoms with Gasteiger partial charge in [0.05, 0.1) is 0 Å². The van der Waals surface area contributed by atoms with E-state index >= 15 is 0 Å². The molecule has 0 radical (unpaired) electrons. The number of nitrogens with zero attached hydrogens (tertiary/aromatic N) is 1. The number of benzene rings is 1. The summed E-state index contributed by atoms with van der Waals surface area (Å²) in [7, 11) is 2.21. The minimum absolute atomic E-state index is 0.395. The number of thioether (sulfide) groups is 1. The molecule has 2 heteroatoms. The van der Waals surface area contributed by atoms with Gasteiger partial charge in [-0.1, -0.05) is 39.0 Å². The molecule has 1 aromatic carbocycles. The second kappa shape index (κ2) is 6.31. The molecular formula is C14H23NS. The van der Waals surface area contributed by atoms with Crippen molar-refractivity contribution >= 4 is 11.8 Å². The van der Waals surface area contributed by atoms with E-state index in [1.807, 2.05) is 11.8 Å². The van der Waals surface area contributed by atoms with E-state index in [9.17, 15) is 0 Å². The zero-order chi connectivity index (χ0) is 12.0. The maximum atomic E-state index is 2.41. The highest BCUT2D eigenvalue weighted by Gasteiger charge is 2.12. The minimum atomic E-state index is 0.395. The molecule has 1 nitrogen and oxygen atoms in total. The zero-order valence-electron chi connectivity index (χ0n) is 10.9. The van der Waals surface area contributed by atoms with Gasteiger partial charge in [-0.05, 0) is 24.6 Å². The summed E-state index contributed by atoms with van der Waals surface area (Å²) < 4.78 is 0. The summed E-state index contributed by atoms with van der Waals surface area (Å²) in [5.74, 6) is 1.16. The van der Waals surface area contributed by atoms with Gasteiger partial charge in [-0.15, -0.1) is 11.8 Å². The SMILES string of the molecule is CN(CCSc1ccccc1)CC(C)(C)C. The van der Waals surface area contributed by atoms with E-state index in [4.69, 9.17) is 0 Å². The Balaban J connectivity index is 2.21. The Morgan fingerprint density at radius 1 is 1.12 bits per heavy atom. The van der Waals surface area contributed by atoms with E-state index in [-0.39, 0.29) is 0 Å². The molecule has 0 saturated carbocycles. The average molecular weight is 237 g/mol. The van der Waals surface area contributed by atoms with Gasteiger partial charge in [0.2, 0.25) is 0 Å². The summed E-state index contributed by atoms with van der Waals surface area (Å²) in [5, 5.41) is 0. The van der Waals surface area contributed by atoms with Gasteiger partial charge >= 0.3 is 0 Å². The van der Waals surface area contributed by atoms with Gasteiger partial charge in [-0.3, -0.25) is 0 Å². The van der Waals surface area contributed by atoms with Gasteiger partial charge in [0.15, 0.2) is 0 Å². The van der Waals surface area contributed by atoms with Crippen molar-refractivity contribution in [1.82, 2.24) is 4.90 Å². The van der Waals surface area contributed by atoms with Crippen LogP contribution in [0.2, 0.25) is 0 Å². The monoisotopic (exact) mass is 237 g/mol. The van der Waals surface area contributed by atoms with Crippen LogP contribution in [-0.4, -0.2) is 30.8 Å². The van der Waals surface area contributed by atoms with E-state index in [1.54, 1.807) is 0 Å². The molecule has 1 rings (SSSR count). The van der Waals surface area contributed by atoms with E-state index < -0.39 is 0 Å². The van der Waals surface area contributed by atoms with E-state index in [2.05, 4.69) is 63.1 Å². The molecule has 0 aliphatic carbocycles. The van der Waals surface area contributed by atoms with Crippen LogP contribution in [0.1, 0.15) is 20.8 Å². The first-order chi connectivity index (χ1) is 7.47. The normalized spacial score (nSPS) is 12.1. The predicted octanol–water partition coefficient (Wildman–Crippen LogP) is 3.76. The average Bonchev–Trinajstić information content (AvgIpc) is 2.16. The first kappa shape index (κ1) is 13.6. The van der Waals surface area contributed by atoms with Crippen LogP contribution in [-0.2, 0) is 0 Å². The van der Waals surface area contributed by atoms with Crippen LogP contribution < -0.4 is 0 Å². The lowest BCUT2D eigenvalue weighted by Crippen LogP contribution is -2.30. The van der Waals surface area contributed by atoms with Crippen LogP contribution in [0.5, 0.6) is 0 Å². The van der Waals surface area contributed by atoms with E-state index in [0.717, 1.165) is 18.8 Å². The Kier molecular flexibility index (Phi) is 5.36. The van der Waals surface area contributed by atoms with Crippen LogP contribution in [0.15, 0.2) is 35.2 Å². The molecule has 0 aliphatic rings. The highest BCUT2D eigenvalue weighted by Crippen LogP contribution is 2.18. The molecular weight excluding hydrogens is 214 g/mol. The molecule has 16 heavy (non-hydrogen) atoms. The van der Waals surface area contributed by atoms with Gasteiger partial charge in [0, 0.05) is 23.7 Å². The molecule has 0 bridgehead atoms. The van der Waals surface area contributed by atoms with Crippen molar-refractivity contribution in [3.63, 3.8) is 0 Å². The highest BCUT2D eigenvalue weighted by atomic mass is 32.2. The summed E-state index contributed by atoms with van der Waals surface area (Å²) in [5.41, 5.74) is 0.395. The lowest BCUT2D eigenvalue weighted by molar-refractivity contribution is 0.237. The summed E-state index contributed by atoms with van der Waals surface area (Å²) in [6.07, 6.45) is 0. The Bertz CT molecular complexity index is 289. The van der Waals surface area contributed by atoms with Gasteiger partial charge < -0.3 is 4.90 Å². The van der Waals surface area contributed by atoms with E-state index in [1.165, 1.54) is 4.90 Å². The lowest BCUT2D eigenvalue weighted by atomic mass is 9.96. The number of hydrogen-bond donors (Lipinski definition) is 0. The second-order valence-corrected chi connectivity index (χ2v) is 6.63. The second-order valence-electron chi connectivity index (χ2n) is 5.46. The van der Waals surface area contributed by atoms with Gasteiger partial charge in [0.25, 0.3) is 0 Å². The predicted molar refractivity (Wildman–Crippen MR) is 74.1 cm³/mol. The van der Waals surface area contributed by atoms with Crippen LogP contribution in [0.3, 0.4) is 0 Å². The summed E-state index contributed by atoms with van der Waals surface area (Å²) >= 11 is 1.93. The largest absolute Gasteiger partial charge is 0.305 e. The third kappa shape index (κ3) is 6.19. The Labute approximate surface area is 104 Å². The third-order valence-electron chi connectivity index (χ3n) is 2.23. The van der Waals surface area contributed by atoms with Crippen LogP contribution in [0.25, 0.3) is 0 Å². The smallest absolute Gasteiger partial charge is 0.0108 e. The molecule has 90 valence electrons. The fraction of sp³-hybridized carbons (Fsp3) is 0.571. The zero-order valence-corrected chi connectivity index (χ0v) is 11.7. The van der Waals surface area contributed by atoms with Gasteiger partial charge in [0.1, 0.15) is 0 Å². The number of hydrogen-bond acceptors (Lipinski definition) is 2. The van der Waals surface area contributed by atoms with Crippen molar-refractivity contribution in [2.45, 2.75) is 25.7 Å². The standard InChI is InChI=1S/C14H23NS/c1-14(2,3)12-15(4)10-11-16-13-8-6-5-7-9-13/h5-9H,10-12H2,1-4H3. The molecule has 0 atom stereocenters. The van der Waals surface area contributed by atoms with Crippen molar-refractivity contribution in [1.29, 1.82) is 0 Å². The van der Waals surface area contributed by atoms with Crippen molar-refractivity contribution in [2.75, 3.05) is 25.9 Å². The first-order valence-corrected chi connectivity index (χ1v) is 6.82. The Hall–Kier alpha value is -0.470. The molecule has 0 aliphatic heterocycles. The molecule has 0 fully saturated rings. The van der Waals surface area contributed by atoms with Crippen molar-refractivity contribution in [2.24, 2.45) is 5.41 Å². The Morgan fingerprint density at radius 3 is 2.31 bits per heavy atom. The van der Waals surface area contributed by atoms with Crippen molar-refractivity contribution in [3.8, 4) is 0 Å². The molecule has 0 unspecified atom stereocenters. The molecule has 0 N–H and O–H groups in total. The van der Waals surface area contributed by atoms with Crippen LogP contribution >= 0.6 is 11.8 Å². The number of rotatable bonds is 5. The van der Waals surface area contributed by atoms with Gasteiger partial charge in [-0.2, -0.15) is 0 Å². The minimum Gasteiger partial charge on any atom is -0.305 e. The van der Waals surface area contributed by atoms with Crippen LogP contribution in [0.4, 0.5) is 0 Å². The van der Waals surface area contributed by atoms with E-state index in [0.29, 0.717) is 5.41 Å². The molecule has 0 spiro atoms. The van der Waals surface area contributed by atoms with Crippen LogP contribution in [0, 0.1) is 5.41 Å². The molecule has 0 saturated heterocycles.